The smallest absolute Gasteiger partial charge is 0.264 e. The van der Waals surface area contributed by atoms with Gasteiger partial charge in [0.15, 0.2) is 0 Å². The number of carbonyl (C=O) groups is 2. The molecule has 0 radical (unpaired) electrons. The zero-order valence-corrected chi connectivity index (χ0v) is 26.6. The Balaban J connectivity index is 1.75. The predicted molar refractivity (Wildman–Crippen MR) is 170 cm³/mol. The summed E-state index contributed by atoms with van der Waals surface area (Å²) in [4.78, 5) is 29.6. The first kappa shape index (κ1) is 32.1. The van der Waals surface area contributed by atoms with Gasteiger partial charge in [0.2, 0.25) is 11.8 Å². The molecule has 1 aliphatic carbocycles. The monoisotopic (exact) mass is 605 g/mol. The highest BCUT2D eigenvalue weighted by molar-refractivity contribution is 7.92. The van der Waals surface area contributed by atoms with E-state index in [9.17, 15) is 18.0 Å². The van der Waals surface area contributed by atoms with Crippen molar-refractivity contribution in [2.45, 2.75) is 83.3 Å². The lowest BCUT2D eigenvalue weighted by Crippen LogP contribution is -2.53. The number of rotatable bonds is 12. The molecule has 0 bridgehead atoms. The van der Waals surface area contributed by atoms with Crippen LogP contribution in [0, 0.1) is 20.8 Å². The van der Waals surface area contributed by atoms with Crippen molar-refractivity contribution in [3.05, 3.63) is 89.0 Å². The van der Waals surface area contributed by atoms with Gasteiger partial charge in [0, 0.05) is 12.6 Å². The first-order chi connectivity index (χ1) is 20.5. The third-order valence-corrected chi connectivity index (χ3v) is 9.74. The molecule has 1 N–H and O–H groups in total. The molecule has 4 rings (SSSR count). The van der Waals surface area contributed by atoms with Gasteiger partial charge in [-0.15, -0.1) is 0 Å². The van der Waals surface area contributed by atoms with E-state index in [1.165, 1.54) is 9.21 Å². The molecule has 0 saturated heterocycles. The summed E-state index contributed by atoms with van der Waals surface area (Å²) in [6.07, 6.45) is 4.34. The number of hydrogen-bond acceptors (Lipinski definition) is 5. The van der Waals surface area contributed by atoms with Crippen molar-refractivity contribution in [3.8, 4) is 5.75 Å². The van der Waals surface area contributed by atoms with E-state index >= 15 is 0 Å². The summed E-state index contributed by atoms with van der Waals surface area (Å²) in [5.74, 6) is -0.0526. The molecule has 8 nitrogen and oxygen atoms in total. The summed E-state index contributed by atoms with van der Waals surface area (Å²) in [6.45, 7) is 7.21. The van der Waals surface area contributed by atoms with Crippen molar-refractivity contribution in [1.29, 1.82) is 0 Å². The van der Waals surface area contributed by atoms with Crippen LogP contribution in [0.5, 0.6) is 5.75 Å². The number of methoxy groups -OCH3 is 1. The van der Waals surface area contributed by atoms with Crippen molar-refractivity contribution in [2.75, 3.05) is 18.0 Å². The standard InChI is InChI=1S/C34H43N3O5S/c1-6-32(34(39)35-28-11-7-8-12-28)36(22-27-10-9-13-30(21-27)42-5)33(38)23-37(29-19-25(3)18-26(4)20-29)43(40,41)31-16-14-24(2)15-17-31/h9-10,13-21,28,32H,6-8,11-12,22-23H2,1-5H3,(H,35,39)/t32-/m1/s1. The summed E-state index contributed by atoms with van der Waals surface area (Å²) in [5, 5.41) is 3.15. The summed E-state index contributed by atoms with van der Waals surface area (Å²) in [6, 6.07) is 18.7. The van der Waals surface area contributed by atoms with E-state index in [0.717, 1.165) is 47.9 Å². The second-order valence-corrected chi connectivity index (χ2v) is 13.3. The van der Waals surface area contributed by atoms with Gasteiger partial charge in [0.05, 0.1) is 17.7 Å². The zero-order chi connectivity index (χ0) is 31.1. The van der Waals surface area contributed by atoms with E-state index in [0.29, 0.717) is 17.9 Å². The Morgan fingerprint density at radius 1 is 0.930 bits per heavy atom. The molecule has 230 valence electrons. The molecule has 0 aliphatic heterocycles. The van der Waals surface area contributed by atoms with Crippen LogP contribution in [0.15, 0.2) is 71.6 Å². The Morgan fingerprint density at radius 3 is 2.19 bits per heavy atom. The number of amides is 2. The van der Waals surface area contributed by atoms with Crippen LogP contribution >= 0.6 is 0 Å². The molecule has 1 fully saturated rings. The quantitative estimate of drug-likeness (QED) is 0.287. The van der Waals surface area contributed by atoms with Crippen molar-refractivity contribution in [1.82, 2.24) is 10.2 Å². The van der Waals surface area contributed by atoms with E-state index in [4.69, 9.17) is 4.74 Å². The molecule has 0 unspecified atom stereocenters. The van der Waals surface area contributed by atoms with Crippen molar-refractivity contribution >= 4 is 27.5 Å². The summed E-state index contributed by atoms with van der Waals surface area (Å²) in [7, 11) is -2.55. The molecule has 3 aromatic carbocycles. The van der Waals surface area contributed by atoms with E-state index < -0.39 is 28.5 Å². The third-order valence-electron chi connectivity index (χ3n) is 7.96. The normalized spacial score (nSPS) is 14.3. The van der Waals surface area contributed by atoms with Gasteiger partial charge in [0.1, 0.15) is 18.3 Å². The minimum atomic E-state index is -4.12. The Bertz CT molecular complexity index is 1510. The fraction of sp³-hybridized carbons (Fsp3) is 0.412. The Hall–Kier alpha value is -3.85. The van der Waals surface area contributed by atoms with Crippen molar-refractivity contribution in [2.24, 2.45) is 0 Å². The van der Waals surface area contributed by atoms with Gasteiger partial charge in [-0.05, 0) is 93.1 Å². The number of benzene rings is 3. The third kappa shape index (κ3) is 7.96. The molecule has 43 heavy (non-hydrogen) atoms. The highest BCUT2D eigenvalue weighted by atomic mass is 32.2. The van der Waals surface area contributed by atoms with Gasteiger partial charge in [-0.2, -0.15) is 0 Å². The zero-order valence-electron chi connectivity index (χ0n) is 25.8. The maximum atomic E-state index is 14.3. The number of sulfonamides is 1. The average Bonchev–Trinajstić information content (AvgIpc) is 3.48. The number of aryl methyl sites for hydroxylation is 3. The lowest BCUT2D eigenvalue weighted by Gasteiger charge is -2.34. The second-order valence-electron chi connectivity index (χ2n) is 11.5. The molecule has 3 aromatic rings. The highest BCUT2D eigenvalue weighted by Gasteiger charge is 2.34. The minimum Gasteiger partial charge on any atom is -0.497 e. The minimum absolute atomic E-state index is 0.0870. The molecule has 0 spiro atoms. The van der Waals surface area contributed by atoms with E-state index in [2.05, 4.69) is 5.32 Å². The summed E-state index contributed by atoms with van der Waals surface area (Å²) in [5.41, 5.74) is 3.86. The number of hydrogen-bond donors (Lipinski definition) is 1. The average molecular weight is 606 g/mol. The second kappa shape index (κ2) is 14.1. The maximum Gasteiger partial charge on any atom is 0.264 e. The van der Waals surface area contributed by atoms with Crippen molar-refractivity contribution < 1.29 is 22.7 Å². The number of anilines is 1. The molecule has 9 heteroatoms. The fourth-order valence-electron chi connectivity index (χ4n) is 5.72. The van der Waals surface area contributed by atoms with E-state index in [-0.39, 0.29) is 23.4 Å². The number of nitrogens with one attached hydrogen (secondary N) is 1. The molecule has 0 aromatic heterocycles. The van der Waals surface area contributed by atoms with Crippen LogP contribution in [-0.4, -0.2) is 50.9 Å². The highest BCUT2D eigenvalue weighted by Crippen LogP contribution is 2.28. The molecule has 0 heterocycles. The van der Waals surface area contributed by atoms with Crippen LogP contribution in [0.3, 0.4) is 0 Å². The first-order valence-electron chi connectivity index (χ1n) is 14.9. The molecule has 1 aliphatic rings. The van der Waals surface area contributed by atoms with Crippen LogP contribution in [0.25, 0.3) is 0 Å². The van der Waals surface area contributed by atoms with Gasteiger partial charge >= 0.3 is 0 Å². The van der Waals surface area contributed by atoms with Gasteiger partial charge in [0.25, 0.3) is 10.0 Å². The topological polar surface area (TPSA) is 96.0 Å². The maximum absolute atomic E-state index is 14.3. The SMILES string of the molecule is CC[C@H](C(=O)NC1CCCC1)N(Cc1cccc(OC)c1)C(=O)CN(c1cc(C)cc(C)c1)S(=O)(=O)c1ccc(C)cc1. The number of nitrogens with zero attached hydrogens (tertiary/aromatic N) is 2. The predicted octanol–water partition coefficient (Wildman–Crippen LogP) is 5.68. The Kier molecular flexibility index (Phi) is 10.5. The first-order valence-corrected chi connectivity index (χ1v) is 16.4. The lowest BCUT2D eigenvalue weighted by molar-refractivity contribution is -0.140. The van der Waals surface area contributed by atoms with Gasteiger partial charge in [-0.25, -0.2) is 8.42 Å². The molecule has 2 amide bonds. The van der Waals surface area contributed by atoms with Crippen LogP contribution in [-0.2, 0) is 26.2 Å². The van der Waals surface area contributed by atoms with Crippen molar-refractivity contribution in [3.63, 3.8) is 0 Å². The number of carbonyl (C=O) groups excluding carboxylic acids is 2. The van der Waals surface area contributed by atoms with Gasteiger partial charge < -0.3 is 15.0 Å². The molecule has 1 atom stereocenters. The molecular weight excluding hydrogens is 562 g/mol. The van der Waals surface area contributed by atoms with Crippen LogP contribution in [0.4, 0.5) is 5.69 Å². The number of ether oxygens (including phenoxy) is 1. The van der Waals surface area contributed by atoms with Crippen LogP contribution < -0.4 is 14.4 Å². The summed E-state index contributed by atoms with van der Waals surface area (Å²) >= 11 is 0. The van der Waals surface area contributed by atoms with E-state index in [1.807, 2.05) is 58.0 Å². The van der Waals surface area contributed by atoms with Crippen LogP contribution in [0.1, 0.15) is 61.3 Å². The van der Waals surface area contributed by atoms with Crippen LogP contribution in [0.2, 0.25) is 0 Å². The van der Waals surface area contributed by atoms with Gasteiger partial charge in [-0.3, -0.25) is 13.9 Å². The fourth-order valence-corrected chi connectivity index (χ4v) is 7.11. The largest absolute Gasteiger partial charge is 0.497 e. The van der Waals surface area contributed by atoms with Gasteiger partial charge in [-0.1, -0.05) is 55.7 Å². The molecular formula is C34H43N3O5S. The van der Waals surface area contributed by atoms with E-state index in [1.54, 1.807) is 43.5 Å². The molecule has 1 saturated carbocycles. The lowest BCUT2D eigenvalue weighted by atomic mass is 10.1. The Labute approximate surface area is 256 Å². The Morgan fingerprint density at radius 2 is 1.58 bits per heavy atom. The summed E-state index contributed by atoms with van der Waals surface area (Å²) < 4.78 is 34.8.